The van der Waals surface area contributed by atoms with Gasteiger partial charge in [-0.1, -0.05) is 26.8 Å². The highest BCUT2D eigenvalue weighted by molar-refractivity contribution is 9.10. The second-order valence-corrected chi connectivity index (χ2v) is 8.58. The summed E-state index contributed by atoms with van der Waals surface area (Å²) in [7, 11) is 1.67. The minimum atomic E-state index is -0.628. The lowest BCUT2D eigenvalue weighted by Gasteiger charge is -2.51. The van der Waals surface area contributed by atoms with Gasteiger partial charge in [0, 0.05) is 6.42 Å². The Labute approximate surface area is 136 Å². The summed E-state index contributed by atoms with van der Waals surface area (Å²) >= 11 is 3.55. The molecule has 116 valence electrons. The van der Waals surface area contributed by atoms with Gasteiger partial charge < -0.3 is 9.84 Å². The zero-order valence-electron chi connectivity index (χ0n) is 13.4. The summed E-state index contributed by atoms with van der Waals surface area (Å²) in [5, 5.41) is 11.6. The molecular formula is C18H25BrO2. The fourth-order valence-electron chi connectivity index (χ4n) is 4.90. The van der Waals surface area contributed by atoms with E-state index in [1.165, 1.54) is 12.0 Å². The molecule has 0 aromatic heterocycles. The second kappa shape index (κ2) is 4.73. The molecular weight excluding hydrogens is 328 g/mol. The summed E-state index contributed by atoms with van der Waals surface area (Å²) in [4.78, 5) is 0. The molecule has 2 nitrogen and oxygen atoms in total. The number of halogens is 1. The lowest BCUT2D eigenvalue weighted by Crippen LogP contribution is -2.55. The molecule has 2 aliphatic rings. The third-order valence-electron chi connectivity index (χ3n) is 6.50. The van der Waals surface area contributed by atoms with Gasteiger partial charge in [-0.15, -0.1) is 0 Å². The molecule has 0 spiro atoms. The molecule has 1 aromatic rings. The van der Waals surface area contributed by atoms with Crippen LogP contribution in [0.2, 0.25) is 0 Å². The largest absolute Gasteiger partial charge is 0.496 e. The van der Waals surface area contributed by atoms with Crippen LogP contribution in [-0.4, -0.2) is 17.8 Å². The molecule has 3 atom stereocenters. The van der Waals surface area contributed by atoms with Gasteiger partial charge >= 0.3 is 0 Å². The van der Waals surface area contributed by atoms with Gasteiger partial charge in [-0.25, -0.2) is 0 Å². The Morgan fingerprint density at radius 3 is 2.57 bits per heavy atom. The van der Waals surface area contributed by atoms with Crippen LogP contribution in [-0.2, 0) is 6.42 Å². The Balaban J connectivity index is 1.95. The van der Waals surface area contributed by atoms with Gasteiger partial charge in [0.05, 0.1) is 17.2 Å². The molecule has 2 fully saturated rings. The van der Waals surface area contributed by atoms with E-state index in [1.54, 1.807) is 7.11 Å². The molecule has 3 unspecified atom stereocenters. The van der Waals surface area contributed by atoms with Crippen LogP contribution in [0.5, 0.6) is 5.75 Å². The van der Waals surface area contributed by atoms with Gasteiger partial charge in [-0.3, -0.25) is 0 Å². The van der Waals surface area contributed by atoms with E-state index in [0.29, 0.717) is 5.92 Å². The highest BCUT2D eigenvalue weighted by atomic mass is 79.9. The molecule has 1 N–H and O–H groups in total. The van der Waals surface area contributed by atoms with E-state index >= 15 is 0 Å². The normalized spacial score (nSPS) is 37.0. The highest BCUT2D eigenvalue weighted by Gasteiger charge is 2.67. The van der Waals surface area contributed by atoms with Crippen molar-refractivity contribution in [3.63, 3.8) is 0 Å². The Hall–Kier alpha value is -0.540. The van der Waals surface area contributed by atoms with E-state index in [2.05, 4.69) is 48.8 Å². The first-order chi connectivity index (χ1) is 9.73. The third kappa shape index (κ3) is 2.00. The number of ether oxygens (including phenoxy) is 1. The van der Waals surface area contributed by atoms with Crippen molar-refractivity contribution in [1.29, 1.82) is 0 Å². The predicted octanol–water partition coefficient (Wildman–Crippen LogP) is 4.58. The van der Waals surface area contributed by atoms with E-state index in [9.17, 15) is 5.11 Å². The zero-order chi connectivity index (χ0) is 15.5. The summed E-state index contributed by atoms with van der Waals surface area (Å²) < 4.78 is 6.25. The fraction of sp³-hybridized carbons (Fsp3) is 0.667. The molecule has 2 saturated carbocycles. The first kappa shape index (κ1) is 15.4. The van der Waals surface area contributed by atoms with Gasteiger partial charge in [-0.2, -0.15) is 0 Å². The van der Waals surface area contributed by atoms with Crippen LogP contribution in [0.25, 0.3) is 0 Å². The van der Waals surface area contributed by atoms with Crippen LogP contribution in [0.15, 0.2) is 22.7 Å². The van der Waals surface area contributed by atoms with Gasteiger partial charge in [0.2, 0.25) is 0 Å². The maximum atomic E-state index is 11.6. The highest BCUT2D eigenvalue weighted by Crippen LogP contribution is 2.68. The van der Waals surface area contributed by atoms with E-state index in [4.69, 9.17) is 4.74 Å². The van der Waals surface area contributed by atoms with Gasteiger partial charge in [0.1, 0.15) is 5.75 Å². The Morgan fingerprint density at radius 1 is 1.33 bits per heavy atom. The van der Waals surface area contributed by atoms with E-state index in [-0.39, 0.29) is 10.8 Å². The van der Waals surface area contributed by atoms with Crippen LogP contribution in [0.4, 0.5) is 0 Å². The van der Waals surface area contributed by atoms with Crippen LogP contribution < -0.4 is 4.74 Å². The number of benzene rings is 1. The summed E-state index contributed by atoms with van der Waals surface area (Å²) in [6, 6.07) is 6.14. The molecule has 0 radical (unpaired) electrons. The summed E-state index contributed by atoms with van der Waals surface area (Å²) in [6.07, 6.45) is 4.29. The zero-order valence-corrected chi connectivity index (χ0v) is 15.0. The number of rotatable bonds is 3. The number of methoxy groups -OCH3 is 1. The maximum absolute atomic E-state index is 11.6. The Morgan fingerprint density at radius 2 is 2.05 bits per heavy atom. The Bertz CT molecular complexity index is 562. The molecule has 0 heterocycles. The van der Waals surface area contributed by atoms with E-state index < -0.39 is 5.60 Å². The van der Waals surface area contributed by atoms with E-state index in [0.717, 1.165) is 29.5 Å². The molecule has 3 rings (SSSR count). The summed E-state index contributed by atoms with van der Waals surface area (Å²) in [6.45, 7) is 6.78. The topological polar surface area (TPSA) is 29.5 Å². The van der Waals surface area contributed by atoms with Crippen molar-refractivity contribution in [3.8, 4) is 5.75 Å². The Kier molecular flexibility index (Phi) is 3.46. The first-order valence-electron chi connectivity index (χ1n) is 7.78. The van der Waals surface area contributed by atoms with Crippen molar-refractivity contribution in [1.82, 2.24) is 0 Å². The van der Waals surface area contributed by atoms with Gasteiger partial charge in [-0.05, 0) is 69.6 Å². The number of hydrogen-bond acceptors (Lipinski definition) is 2. The molecule has 2 bridgehead atoms. The van der Waals surface area contributed by atoms with Crippen LogP contribution in [0.1, 0.15) is 45.6 Å². The number of hydrogen-bond donors (Lipinski definition) is 1. The molecule has 1 aromatic carbocycles. The fourth-order valence-corrected chi connectivity index (χ4v) is 5.49. The third-order valence-corrected chi connectivity index (χ3v) is 7.12. The van der Waals surface area contributed by atoms with Crippen molar-refractivity contribution in [2.45, 2.75) is 52.1 Å². The van der Waals surface area contributed by atoms with Gasteiger partial charge in [0.25, 0.3) is 0 Å². The lowest BCUT2D eigenvalue weighted by molar-refractivity contribution is -0.141. The summed E-state index contributed by atoms with van der Waals surface area (Å²) in [5.41, 5.74) is 0.573. The molecule has 3 heteroatoms. The van der Waals surface area contributed by atoms with Crippen molar-refractivity contribution in [3.05, 3.63) is 28.2 Å². The number of fused-ring (bicyclic) bond motifs is 2. The molecule has 0 amide bonds. The predicted molar refractivity (Wildman–Crippen MR) is 88.6 cm³/mol. The summed E-state index contributed by atoms with van der Waals surface area (Å²) in [5.74, 6) is 1.48. The SMILES string of the molecule is COc1ccc(CC2(O)C3(C)CCC(C3)C2(C)C)cc1Br. The van der Waals surface area contributed by atoms with Crippen molar-refractivity contribution < 1.29 is 9.84 Å². The maximum Gasteiger partial charge on any atom is 0.133 e. The first-order valence-corrected chi connectivity index (χ1v) is 8.58. The van der Waals surface area contributed by atoms with Crippen molar-refractivity contribution in [2.75, 3.05) is 7.11 Å². The van der Waals surface area contributed by atoms with Crippen molar-refractivity contribution >= 4 is 15.9 Å². The number of aliphatic hydroxyl groups is 1. The monoisotopic (exact) mass is 352 g/mol. The quantitative estimate of drug-likeness (QED) is 0.862. The molecule has 2 aliphatic carbocycles. The van der Waals surface area contributed by atoms with Crippen LogP contribution in [0.3, 0.4) is 0 Å². The molecule has 0 saturated heterocycles. The standard InChI is InChI=1S/C18H25BrO2/c1-16(2)13-7-8-17(3,11-13)18(16,20)10-12-5-6-15(21-4)14(19)9-12/h5-6,9,13,20H,7-8,10-11H2,1-4H3. The van der Waals surface area contributed by atoms with Crippen molar-refractivity contribution in [2.24, 2.45) is 16.7 Å². The minimum absolute atomic E-state index is 0.0214. The van der Waals surface area contributed by atoms with Crippen LogP contribution >= 0.6 is 15.9 Å². The average Bonchev–Trinajstić information content (AvgIpc) is 2.88. The minimum Gasteiger partial charge on any atom is -0.496 e. The van der Waals surface area contributed by atoms with Crippen LogP contribution in [0, 0.1) is 16.7 Å². The lowest BCUT2D eigenvalue weighted by atomic mass is 9.58. The average molecular weight is 353 g/mol. The molecule has 0 aliphatic heterocycles. The van der Waals surface area contributed by atoms with E-state index in [1.807, 2.05) is 6.07 Å². The molecule has 21 heavy (non-hydrogen) atoms. The second-order valence-electron chi connectivity index (χ2n) is 7.73. The smallest absolute Gasteiger partial charge is 0.133 e. The van der Waals surface area contributed by atoms with Gasteiger partial charge in [0.15, 0.2) is 0 Å².